The van der Waals surface area contributed by atoms with Gasteiger partial charge in [0.25, 0.3) is 0 Å². The van der Waals surface area contributed by atoms with Crippen LogP contribution >= 0.6 is 23.4 Å². The van der Waals surface area contributed by atoms with Crippen molar-refractivity contribution >= 4 is 35.2 Å². The molecule has 0 spiro atoms. The fourth-order valence-electron chi connectivity index (χ4n) is 3.80. The molecule has 1 N–H and O–H groups in total. The average molecular weight is 459 g/mol. The molecule has 0 saturated heterocycles. The van der Waals surface area contributed by atoms with Crippen molar-refractivity contribution in [2.75, 3.05) is 5.75 Å². The van der Waals surface area contributed by atoms with Crippen molar-refractivity contribution in [1.82, 2.24) is 10.2 Å². The summed E-state index contributed by atoms with van der Waals surface area (Å²) in [7, 11) is 0. The Bertz CT molecular complexity index is 864. The van der Waals surface area contributed by atoms with Crippen molar-refractivity contribution in [3.05, 3.63) is 64.7 Å². The maximum atomic E-state index is 13.1. The highest BCUT2D eigenvalue weighted by atomic mass is 35.5. The van der Waals surface area contributed by atoms with Crippen LogP contribution in [0.15, 0.2) is 53.4 Å². The van der Waals surface area contributed by atoms with E-state index in [2.05, 4.69) is 36.5 Å². The van der Waals surface area contributed by atoms with E-state index < -0.39 is 6.04 Å². The molecule has 6 heteroatoms. The molecule has 1 atom stereocenters. The molecular formula is C25H31ClN2O2S. The molecule has 2 amide bonds. The Hall–Kier alpha value is -1.98. The van der Waals surface area contributed by atoms with Crippen LogP contribution in [0.2, 0.25) is 5.02 Å². The summed E-state index contributed by atoms with van der Waals surface area (Å²) < 4.78 is 0. The fraction of sp³-hybridized carbons (Fsp3) is 0.440. The molecule has 2 aromatic rings. The topological polar surface area (TPSA) is 49.4 Å². The number of hydrogen-bond donors (Lipinski definition) is 1. The van der Waals surface area contributed by atoms with Crippen molar-refractivity contribution in [3.8, 4) is 0 Å². The number of nitrogens with one attached hydrogen (secondary N) is 1. The van der Waals surface area contributed by atoms with Crippen LogP contribution in [0.3, 0.4) is 0 Å². The molecule has 166 valence electrons. The molecule has 0 aliphatic heterocycles. The van der Waals surface area contributed by atoms with E-state index in [0.717, 1.165) is 36.1 Å². The maximum Gasteiger partial charge on any atom is 0.242 e. The highest BCUT2D eigenvalue weighted by Gasteiger charge is 2.28. The summed E-state index contributed by atoms with van der Waals surface area (Å²) in [5, 5.41) is 3.79. The molecule has 0 radical (unpaired) electrons. The minimum atomic E-state index is -0.520. The van der Waals surface area contributed by atoms with E-state index in [0.29, 0.717) is 23.7 Å². The van der Waals surface area contributed by atoms with Crippen molar-refractivity contribution < 1.29 is 9.59 Å². The van der Waals surface area contributed by atoms with Gasteiger partial charge in [-0.05, 0) is 56.5 Å². The van der Waals surface area contributed by atoms with E-state index >= 15 is 0 Å². The number of carbonyl (C=O) groups is 2. The SMILES string of the molecule is Cc1ccc(SCCC(=O)N(Cc2ccc(Cl)cc2)[C@@H](C)C(=O)NC2CCCC2)cc1. The van der Waals surface area contributed by atoms with Gasteiger partial charge in [0.1, 0.15) is 6.04 Å². The Morgan fingerprint density at radius 2 is 1.74 bits per heavy atom. The number of carbonyl (C=O) groups excluding carboxylic acids is 2. The number of nitrogens with zero attached hydrogens (tertiary/aromatic N) is 1. The first-order valence-corrected chi connectivity index (χ1v) is 12.3. The summed E-state index contributed by atoms with van der Waals surface area (Å²) >= 11 is 7.67. The standard InChI is InChI=1S/C25H31ClN2O2S/c1-18-7-13-23(14-8-18)31-16-15-24(29)28(17-20-9-11-21(26)12-10-20)19(2)25(30)27-22-5-3-4-6-22/h7-14,19,22H,3-6,15-17H2,1-2H3,(H,27,30)/t19-/m0/s1. The molecule has 3 rings (SSSR count). The number of halogens is 1. The van der Waals surface area contributed by atoms with Gasteiger partial charge in [-0.2, -0.15) is 0 Å². The summed E-state index contributed by atoms with van der Waals surface area (Å²) in [4.78, 5) is 28.9. The number of rotatable bonds is 9. The highest BCUT2D eigenvalue weighted by molar-refractivity contribution is 7.99. The fourth-order valence-corrected chi connectivity index (χ4v) is 4.76. The number of benzene rings is 2. The third-order valence-corrected chi connectivity index (χ3v) is 7.01. The van der Waals surface area contributed by atoms with E-state index in [9.17, 15) is 9.59 Å². The van der Waals surface area contributed by atoms with Gasteiger partial charge in [0.2, 0.25) is 11.8 Å². The lowest BCUT2D eigenvalue weighted by atomic mass is 10.1. The summed E-state index contributed by atoms with van der Waals surface area (Å²) in [6, 6.07) is 15.5. The van der Waals surface area contributed by atoms with Crippen LogP contribution in [0, 0.1) is 6.92 Å². The molecule has 1 fully saturated rings. The lowest BCUT2D eigenvalue weighted by Crippen LogP contribution is -2.49. The number of thioether (sulfide) groups is 1. The molecule has 2 aromatic carbocycles. The van der Waals surface area contributed by atoms with Crippen LogP contribution in [-0.4, -0.2) is 34.6 Å². The Morgan fingerprint density at radius 1 is 1.10 bits per heavy atom. The van der Waals surface area contributed by atoms with E-state index in [-0.39, 0.29) is 17.9 Å². The van der Waals surface area contributed by atoms with Gasteiger partial charge in [-0.25, -0.2) is 0 Å². The van der Waals surface area contributed by atoms with Crippen LogP contribution in [0.5, 0.6) is 0 Å². The first kappa shape index (κ1) is 23.7. The zero-order chi connectivity index (χ0) is 22.2. The molecule has 1 aliphatic carbocycles. The second-order valence-corrected chi connectivity index (χ2v) is 9.83. The van der Waals surface area contributed by atoms with Gasteiger partial charge in [-0.15, -0.1) is 11.8 Å². The third kappa shape index (κ3) is 7.29. The number of aryl methyl sites for hydroxylation is 1. The van der Waals surface area contributed by atoms with E-state index in [1.807, 2.05) is 31.2 Å². The quantitative estimate of drug-likeness (QED) is 0.497. The largest absolute Gasteiger partial charge is 0.352 e. The van der Waals surface area contributed by atoms with Crippen molar-refractivity contribution in [3.63, 3.8) is 0 Å². The number of hydrogen-bond acceptors (Lipinski definition) is 3. The molecule has 0 bridgehead atoms. The molecule has 0 unspecified atom stereocenters. The minimum Gasteiger partial charge on any atom is -0.352 e. The first-order valence-electron chi connectivity index (χ1n) is 11.0. The molecular weight excluding hydrogens is 428 g/mol. The van der Waals surface area contributed by atoms with Gasteiger partial charge < -0.3 is 10.2 Å². The van der Waals surface area contributed by atoms with Gasteiger partial charge in [-0.1, -0.05) is 54.3 Å². The Kier molecular flexibility index (Phi) is 8.85. The third-order valence-electron chi connectivity index (χ3n) is 5.74. The molecule has 4 nitrogen and oxygen atoms in total. The summed E-state index contributed by atoms with van der Waals surface area (Å²) in [5.41, 5.74) is 2.18. The van der Waals surface area contributed by atoms with Crippen molar-refractivity contribution in [1.29, 1.82) is 0 Å². The smallest absolute Gasteiger partial charge is 0.242 e. The highest BCUT2D eigenvalue weighted by Crippen LogP contribution is 2.22. The van der Waals surface area contributed by atoms with Gasteiger partial charge in [0.05, 0.1) is 0 Å². The summed E-state index contributed by atoms with van der Waals surface area (Å²) in [6.45, 7) is 4.28. The Morgan fingerprint density at radius 3 is 2.39 bits per heavy atom. The van der Waals surface area contributed by atoms with Crippen LogP contribution in [0.4, 0.5) is 0 Å². The predicted octanol–water partition coefficient (Wildman–Crippen LogP) is 5.61. The van der Waals surface area contributed by atoms with Gasteiger partial charge in [-0.3, -0.25) is 9.59 Å². The molecule has 0 aromatic heterocycles. The maximum absolute atomic E-state index is 13.1. The minimum absolute atomic E-state index is 0.0105. The van der Waals surface area contributed by atoms with E-state index in [4.69, 9.17) is 11.6 Å². The van der Waals surface area contributed by atoms with E-state index in [1.54, 1.807) is 16.7 Å². The zero-order valence-electron chi connectivity index (χ0n) is 18.3. The number of amides is 2. The molecule has 1 saturated carbocycles. The molecule has 1 aliphatic rings. The summed E-state index contributed by atoms with van der Waals surface area (Å²) in [6.07, 6.45) is 4.74. The van der Waals surface area contributed by atoms with Crippen LogP contribution < -0.4 is 5.32 Å². The van der Waals surface area contributed by atoms with Crippen LogP contribution in [0.25, 0.3) is 0 Å². The van der Waals surface area contributed by atoms with Crippen LogP contribution in [0.1, 0.15) is 50.2 Å². The van der Waals surface area contributed by atoms with Crippen LogP contribution in [-0.2, 0) is 16.1 Å². The second kappa shape index (κ2) is 11.6. The molecule has 31 heavy (non-hydrogen) atoms. The van der Waals surface area contributed by atoms with Gasteiger partial charge >= 0.3 is 0 Å². The van der Waals surface area contributed by atoms with Crippen molar-refractivity contribution in [2.45, 2.75) is 69.5 Å². The lowest BCUT2D eigenvalue weighted by molar-refractivity contribution is -0.140. The van der Waals surface area contributed by atoms with Gasteiger partial charge in [0.15, 0.2) is 0 Å². The zero-order valence-corrected chi connectivity index (χ0v) is 19.8. The Labute approximate surface area is 194 Å². The average Bonchev–Trinajstić information content (AvgIpc) is 3.27. The summed E-state index contributed by atoms with van der Waals surface area (Å²) in [5.74, 6) is 0.597. The lowest BCUT2D eigenvalue weighted by Gasteiger charge is -2.30. The first-order chi connectivity index (χ1) is 14.9. The second-order valence-electron chi connectivity index (χ2n) is 8.23. The van der Waals surface area contributed by atoms with Gasteiger partial charge in [0, 0.05) is 34.7 Å². The van der Waals surface area contributed by atoms with Crippen molar-refractivity contribution in [2.24, 2.45) is 0 Å². The monoisotopic (exact) mass is 458 g/mol. The molecule has 0 heterocycles. The van der Waals surface area contributed by atoms with E-state index in [1.165, 1.54) is 5.56 Å². The normalized spacial score (nSPS) is 14.9. The predicted molar refractivity (Wildman–Crippen MR) is 128 cm³/mol. The Balaban J connectivity index is 1.64.